The molecule has 7 heteroatoms. The minimum absolute atomic E-state index is 0.194. The van der Waals surface area contributed by atoms with Gasteiger partial charge in [0.05, 0.1) is 18.8 Å². The van der Waals surface area contributed by atoms with Crippen molar-refractivity contribution in [1.29, 1.82) is 0 Å². The number of nitrogens with one attached hydrogen (secondary N) is 2. The lowest BCUT2D eigenvalue weighted by Crippen LogP contribution is -2.45. The predicted octanol–water partition coefficient (Wildman–Crippen LogP) is 0.605. The van der Waals surface area contributed by atoms with E-state index in [1.165, 1.54) is 0 Å². The number of hydrogen-bond acceptors (Lipinski definition) is 7. The van der Waals surface area contributed by atoms with Gasteiger partial charge >= 0.3 is 0 Å². The highest BCUT2D eigenvalue weighted by atomic mass is 16.3. The SMILES string of the molecule is CCC(CO)(CO)Nc1cc(NN)nc(C(C)(C)C)n1. The van der Waals surface area contributed by atoms with E-state index in [2.05, 4.69) is 20.7 Å². The van der Waals surface area contributed by atoms with Crippen LogP contribution in [0.15, 0.2) is 6.07 Å². The number of aromatic nitrogens is 2. The number of hydrazine groups is 1. The molecule has 0 fully saturated rings. The standard InChI is InChI=1S/C13H25N5O2/c1-5-13(7-19,8-20)17-9-6-10(18-14)16-11(15-9)12(2,3)4/h6,19-20H,5,7-8,14H2,1-4H3,(H2,15,16,17,18). The van der Waals surface area contributed by atoms with Gasteiger partial charge in [-0.05, 0) is 6.42 Å². The fourth-order valence-electron chi connectivity index (χ4n) is 1.63. The van der Waals surface area contributed by atoms with Crippen molar-refractivity contribution >= 4 is 11.6 Å². The highest BCUT2D eigenvalue weighted by Gasteiger charge is 2.28. The number of aliphatic hydroxyl groups excluding tert-OH is 2. The quantitative estimate of drug-likeness (QED) is 0.383. The Kier molecular flexibility index (Phi) is 5.27. The Bertz CT molecular complexity index is 433. The van der Waals surface area contributed by atoms with Crippen LogP contribution in [0.1, 0.15) is 39.9 Å². The van der Waals surface area contributed by atoms with Crippen LogP contribution >= 0.6 is 0 Å². The van der Waals surface area contributed by atoms with Crippen LogP contribution in [0.25, 0.3) is 0 Å². The molecule has 0 aliphatic heterocycles. The van der Waals surface area contributed by atoms with Crippen molar-refractivity contribution in [1.82, 2.24) is 9.97 Å². The van der Waals surface area contributed by atoms with Crippen molar-refractivity contribution in [2.75, 3.05) is 24.0 Å². The molecule has 0 saturated heterocycles. The summed E-state index contributed by atoms with van der Waals surface area (Å²) in [6.45, 7) is 7.49. The summed E-state index contributed by atoms with van der Waals surface area (Å²) in [5.74, 6) is 7.04. The van der Waals surface area contributed by atoms with Gasteiger partial charge in [-0.15, -0.1) is 0 Å². The van der Waals surface area contributed by atoms with Gasteiger partial charge in [-0.25, -0.2) is 15.8 Å². The molecule has 0 saturated carbocycles. The monoisotopic (exact) mass is 283 g/mol. The maximum atomic E-state index is 9.49. The molecule has 114 valence electrons. The van der Waals surface area contributed by atoms with E-state index in [4.69, 9.17) is 5.84 Å². The van der Waals surface area contributed by atoms with Crippen LogP contribution in [0.4, 0.5) is 11.6 Å². The Hall–Kier alpha value is -1.44. The number of nitrogen functional groups attached to an aromatic ring is 1. The third kappa shape index (κ3) is 3.78. The molecule has 0 spiro atoms. The molecule has 1 aromatic heterocycles. The van der Waals surface area contributed by atoms with E-state index < -0.39 is 5.54 Å². The highest BCUT2D eigenvalue weighted by molar-refractivity contribution is 5.49. The van der Waals surface area contributed by atoms with Crippen LogP contribution in [0, 0.1) is 0 Å². The molecule has 20 heavy (non-hydrogen) atoms. The highest BCUT2D eigenvalue weighted by Crippen LogP contribution is 2.24. The molecular weight excluding hydrogens is 258 g/mol. The zero-order chi connectivity index (χ0) is 15.4. The molecule has 0 aliphatic rings. The lowest BCUT2D eigenvalue weighted by Gasteiger charge is -2.31. The van der Waals surface area contributed by atoms with E-state index >= 15 is 0 Å². The second kappa shape index (κ2) is 6.34. The van der Waals surface area contributed by atoms with E-state index in [1.54, 1.807) is 6.07 Å². The smallest absolute Gasteiger partial charge is 0.145 e. The number of hydrogen-bond donors (Lipinski definition) is 5. The van der Waals surface area contributed by atoms with Crippen LogP contribution in [-0.4, -0.2) is 38.9 Å². The van der Waals surface area contributed by atoms with E-state index in [-0.39, 0.29) is 18.6 Å². The molecule has 7 nitrogen and oxygen atoms in total. The van der Waals surface area contributed by atoms with Gasteiger partial charge < -0.3 is 21.0 Å². The lowest BCUT2D eigenvalue weighted by atomic mass is 9.95. The first kappa shape index (κ1) is 16.6. The van der Waals surface area contributed by atoms with Gasteiger partial charge in [0.2, 0.25) is 0 Å². The first-order chi connectivity index (χ1) is 9.30. The maximum absolute atomic E-state index is 9.49. The van der Waals surface area contributed by atoms with Crippen molar-refractivity contribution in [2.24, 2.45) is 5.84 Å². The van der Waals surface area contributed by atoms with E-state index in [9.17, 15) is 10.2 Å². The van der Waals surface area contributed by atoms with Gasteiger partial charge in [-0.2, -0.15) is 0 Å². The fraction of sp³-hybridized carbons (Fsp3) is 0.692. The molecule has 0 radical (unpaired) electrons. The molecule has 1 rings (SSSR count). The Balaban J connectivity index is 3.18. The molecule has 0 unspecified atom stereocenters. The average Bonchev–Trinajstić information content (AvgIpc) is 2.43. The third-order valence-corrected chi connectivity index (χ3v) is 3.22. The van der Waals surface area contributed by atoms with Gasteiger partial charge in [0, 0.05) is 11.5 Å². The summed E-state index contributed by atoms with van der Waals surface area (Å²) < 4.78 is 0. The zero-order valence-corrected chi connectivity index (χ0v) is 12.6. The molecule has 0 aromatic carbocycles. The summed E-state index contributed by atoms with van der Waals surface area (Å²) in [5.41, 5.74) is 1.45. The molecule has 1 heterocycles. The van der Waals surface area contributed by atoms with Crippen molar-refractivity contribution < 1.29 is 10.2 Å². The van der Waals surface area contributed by atoms with Crippen LogP contribution in [0.2, 0.25) is 0 Å². The molecular formula is C13H25N5O2. The van der Waals surface area contributed by atoms with Gasteiger partial charge in [0.25, 0.3) is 0 Å². The van der Waals surface area contributed by atoms with Crippen molar-refractivity contribution in [3.63, 3.8) is 0 Å². The van der Waals surface area contributed by atoms with Crippen molar-refractivity contribution in [2.45, 2.75) is 45.1 Å². The summed E-state index contributed by atoms with van der Waals surface area (Å²) in [5, 5.41) is 22.1. The number of rotatable bonds is 6. The Labute approximate surface area is 119 Å². The average molecular weight is 283 g/mol. The fourth-order valence-corrected chi connectivity index (χ4v) is 1.63. The molecule has 0 bridgehead atoms. The molecule has 0 atom stereocenters. The van der Waals surface area contributed by atoms with Crippen LogP contribution in [0.5, 0.6) is 0 Å². The summed E-state index contributed by atoms with van der Waals surface area (Å²) in [6.07, 6.45) is 0.556. The first-order valence-electron chi connectivity index (χ1n) is 6.66. The Morgan fingerprint density at radius 2 is 1.70 bits per heavy atom. The summed E-state index contributed by atoms with van der Waals surface area (Å²) in [6, 6.07) is 1.64. The Morgan fingerprint density at radius 1 is 1.15 bits per heavy atom. The number of nitrogens with zero attached hydrogens (tertiary/aromatic N) is 2. The van der Waals surface area contributed by atoms with Gasteiger partial charge in [-0.1, -0.05) is 27.7 Å². The van der Waals surface area contributed by atoms with E-state index in [1.807, 2.05) is 27.7 Å². The van der Waals surface area contributed by atoms with Crippen molar-refractivity contribution in [3.05, 3.63) is 11.9 Å². The third-order valence-electron chi connectivity index (χ3n) is 3.22. The minimum atomic E-state index is -0.810. The Morgan fingerprint density at radius 3 is 2.10 bits per heavy atom. The van der Waals surface area contributed by atoms with E-state index in [0.29, 0.717) is 23.9 Å². The van der Waals surface area contributed by atoms with E-state index in [0.717, 1.165) is 0 Å². The largest absolute Gasteiger partial charge is 0.394 e. The number of nitrogens with two attached hydrogens (primary N) is 1. The number of anilines is 2. The summed E-state index contributed by atoms with van der Waals surface area (Å²) >= 11 is 0. The van der Waals surface area contributed by atoms with Crippen LogP contribution in [0.3, 0.4) is 0 Å². The second-order valence-electron chi connectivity index (χ2n) is 5.93. The molecule has 1 aromatic rings. The predicted molar refractivity (Wildman–Crippen MR) is 79.4 cm³/mol. The molecule has 0 amide bonds. The van der Waals surface area contributed by atoms with Crippen molar-refractivity contribution in [3.8, 4) is 0 Å². The van der Waals surface area contributed by atoms with Gasteiger partial charge in [0.15, 0.2) is 0 Å². The normalized spacial score (nSPS) is 12.3. The zero-order valence-electron chi connectivity index (χ0n) is 12.6. The minimum Gasteiger partial charge on any atom is -0.394 e. The summed E-state index contributed by atoms with van der Waals surface area (Å²) in [7, 11) is 0. The van der Waals surface area contributed by atoms with Crippen LogP contribution in [-0.2, 0) is 5.41 Å². The summed E-state index contributed by atoms with van der Waals surface area (Å²) in [4.78, 5) is 8.76. The molecule has 0 aliphatic carbocycles. The lowest BCUT2D eigenvalue weighted by molar-refractivity contribution is 0.132. The second-order valence-corrected chi connectivity index (χ2v) is 5.93. The first-order valence-corrected chi connectivity index (χ1v) is 6.66. The molecule has 6 N–H and O–H groups in total. The van der Waals surface area contributed by atoms with Gasteiger partial charge in [-0.3, -0.25) is 0 Å². The van der Waals surface area contributed by atoms with Gasteiger partial charge in [0.1, 0.15) is 17.5 Å². The number of aliphatic hydroxyl groups is 2. The topological polar surface area (TPSA) is 116 Å². The van der Waals surface area contributed by atoms with Crippen LogP contribution < -0.4 is 16.6 Å². The maximum Gasteiger partial charge on any atom is 0.145 e.